The number of fused-ring (bicyclic) bond motifs is 2. The quantitative estimate of drug-likeness (QED) is 0.515. The summed E-state index contributed by atoms with van der Waals surface area (Å²) in [6, 6.07) is 7.79. The molecular formula is C24H23N7O. The lowest BCUT2D eigenvalue weighted by Crippen LogP contribution is -2.22. The van der Waals surface area contributed by atoms with Crippen LogP contribution in [0, 0.1) is 5.92 Å². The number of nitrogens with zero attached hydrogens (tertiary/aromatic N) is 5. The second kappa shape index (κ2) is 7.88. The van der Waals surface area contributed by atoms with Crippen molar-refractivity contribution in [3.8, 4) is 11.3 Å². The van der Waals surface area contributed by atoms with Gasteiger partial charge in [0.15, 0.2) is 5.65 Å². The summed E-state index contributed by atoms with van der Waals surface area (Å²) in [6.45, 7) is 4.47. The smallest absolute Gasteiger partial charge is 0.226 e. The molecule has 1 amide bonds. The van der Waals surface area contributed by atoms with Gasteiger partial charge in [-0.2, -0.15) is 0 Å². The highest BCUT2D eigenvalue weighted by atomic mass is 16.1. The van der Waals surface area contributed by atoms with E-state index in [0.717, 1.165) is 46.0 Å². The summed E-state index contributed by atoms with van der Waals surface area (Å²) in [4.78, 5) is 35.6. The number of carbonyl (C=O) groups is 1. The summed E-state index contributed by atoms with van der Waals surface area (Å²) < 4.78 is 0. The number of carbonyl (C=O) groups excluding carboxylic acids is 1. The van der Waals surface area contributed by atoms with Gasteiger partial charge in [0.25, 0.3) is 0 Å². The third kappa shape index (κ3) is 3.60. The zero-order valence-corrected chi connectivity index (χ0v) is 18.1. The number of amides is 1. The van der Waals surface area contributed by atoms with Crippen LogP contribution in [0.1, 0.15) is 25.2 Å². The maximum Gasteiger partial charge on any atom is 0.226 e. The summed E-state index contributed by atoms with van der Waals surface area (Å²) in [5, 5.41) is 2.90. The summed E-state index contributed by atoms with van der Waals surface area (Å²) >= 11 is 0. The lowest BCUT2D eigenvalue weighted by atomic mass is 9.98. The SMILES string of the molecule is CC(C)C(=O)Nc1cncc(-c2cc3c(cn2)N(C)CC=C3c2nc3ncccc3[nH]2)c1. The molecule has 4 aromatic rings. The van der Waals surface area contributed by atoms with Gasteiger partial charge in [0, 0.05) is 48.6 Å². The minimum atomic E-state index is -0.109. The average molecular weight is 425 g/mol. The van der Waals surface area contributed by atoms with E-state index in [-0.39, 0.29) is 11.8 Å². The molecule has 32 heavy (non-hydrogen) atoms. The van der Waals surface area contributed by atoms with Gasteiger partial charge in [0.2, 0.25) is 5.91 Å². The van der Waals surface area contributed by atoms with Crippen LogP contribution >= 0.6 is 0 Å². The number of rotatable bonds is 4. The van der Waals surface area contributed by atoms with Crippen molar-refractivity contribution in [2.45, 2.75) is 13.8 Å². The number of hydrogen-bond donors (Lipinski definition) is 2. The molecule has 5 heterocycles. The lowest BCUT2D eigenvalue weighted by Gasteiger charge is -2.26. The minimum Gasteiger partial charge on any atom is -0.369 e. The molecule has 0 saturated heterocycles. The molecular weight excluding hydrogens is 402 g/mol. The summed E-state index contributed by atoms with van der Waals surface area (Å²) in [5.41, 5.74) is 6.90. The Hall–Kier alpha value is -4.07. The molecule has 4 aromatic heterocycles. The van der Waals surface area contributed by atoms with Crippen LogP contribution in [0.2, 0.25) is 0 Å². The van der Waals surface area contributed by atoms with Crippen LogP contribution < -0.4 is 10.2 Å². The monoisotopic (exact) mass is 425 g/mol. The highest BCUT2D eigenvalue weighted by molar-refractivity contribution is 5.93. The van der Waals surface area contributed by atoms with Crippen molar-refractivity contribution in [3.05, 3.63) is 66.5 Å². The molecule has 0 atom stereocenters. The number of aromatic amines is 1. The fourth-order valence-corrected chi connectivity index (χ4v) is 3.69. The van der Waals surface area contributed by atoms with Crippen molar-refractivity contribution in [3.63, 3.8) is 0 Å². The van der Waals surface area contributed by atoms with E-state index in [0.29, 0.717) is 11.3 Å². The Morgan fingerprint density at radius 2 is 2.06 bits per heavy atom. The molecule has 0 aliphatic carbocycles. The largest absolute Gasteiger partial charge is 0.369 e. The maximum absolute atomic E-state index is 12.1. The van der Waals surface area contributed by atoms with Gasteiger partial charge in [0.1, 0.15) is 5.82 Å². The Morgan fingerprint density at radius 1 is 1.19 bits per heavy atom. The van der Waals surface area contributed by atoms with E-state index >= 15 is 0 Å². The van der Waals surface area contributed by atoms with E-state index in [4.69, 9.17) is 4.98 Å². The number of likely N-dealkylation sites (N-methyl/N-ethyl adjacent to an activating group) is 1. The molecule has 8 heteroatoms. The van der Waals surface area contributed by atoms with E-state index in [9.17, 15) is 4.79 Å². The van der Waals surface area contributed by atoms with Gasteiger partial charge in [0.05, 0.1) is 35.0 Å². The maximum atomic E-state index is 12.1. The highest BCUT2D eigenvalue weighted by Gasteiger charge is 2.22. The van der Waals surface area contributed by atoms with E-state index in [1.165, 1.54) is 0 Å². The zero-order valence-electron chi connectivity index (χ0n) is 18.1. The number of hydrogen-bond acceptors (Lipinski definition) is 6. The van der Waals surface area contributed by atoms with Gasteiger partial charge >= 0.3 is 0 Å². The Bertz CT molecular complexity index is 1320. The molecule has 0 bridgehead atoms. The minimum absolute atomic E-state index is 0.0484. The van der Waals surface area contributed by atoms with Crippen LogP contribution in [-0.4, -0.2) is 44.4 Å². The molecule has 0 radical (unpaired) electrons. The summed E-state index contributed by atoms with van der Waals surface area (Å²) in [7, 11) is 2.04. The van der Waals surface area contributed by atoms with Crippen molar-refractivity contribution in [1.82, 2.24) is 24.9 Å². The molecule has 2 N–H and O–H groups in total. The Kier molecular flexibility index (Phi) is 4.89. The van der Waals surface area contributed by atoms with Crippen LogP contribution in [0.25, 0.3) is 28.0 Å². The van der Waals surface area contributed by atoms with Crippen LogP contribution in [0.4, 0.5) is 11.4 Å². The van der Waals surface area contributed by atoms with Crippen molar-refractivity contribution in [2.75, 3.05) is 23.8 Å². The molecule has 0 spiro atoms. The average Bonchev–Trinajstić information content (AvgIpc) is 3.23. The van der Waals surface area contributed by atoms with Gasteiger partial charge in [-0.25, -0.2) is 9.97 Å². The third-order valence-corrected chi connectivity index (χ3v) is 5.49. The first kappa shape index (κ1) is 19.9. The van der Waals surface area contributed by atoms with E-state index in [2.05, 4.69) is 36.2 Å². The predicted molar refractivity (Wildman–Crippen MR) is 125 cm³/mol. The molecule has 0 unspecified atom stereocenters. The van der Waals surface area contributed by atoms with E-state index in [1.807, 2.05) is 51.4 Å². The second-order valence-electron chi connectivity index (χ2n) is 8.15. The molecule has 160 valence electrons. The first-order chi connectivity index (χ1) is 15.5. The summed E-state index contributed by atoms with van der Waals surface area (Å²) in [6.07, 6.45) is 9.16. The van der Waals surface area contributed by atoms with Gasteiger partial charge in [-0.3, -0.25) is 14.8 Å². The first-order valence-corrected chi connectivity index (χ1v) is 10.5. The van der Waals surface area contributed by atoms with E-state index in [1.54, 1.807) is 18.6 Å². The van der Waals surface area contributed by atoms with Gasteiger partial charge in [-0.1, -0.05) is 19.9 Å². The number of nitrogens with one attached hydrogen (secondary N) is 2. The van der Waals surface area contributed by atoms with Crippen molar-refractivity contribution in [2.24, 2.45) is 5.92 Å². The molecule has 0 aromatic carbocycles. The number of aromatic nitrogens is 5. The van der Waals surface area contributed by atoms with Crippen molar-refractivity contribution in [1.29, 1.82) is 0 Å². The molecule has 1 aliphatic heterocycles. The molecule has 0 fully saturated rings. The standard InChI is InChI=1S/C24H23N7O/c1-14(2)24(32)28-16-9-15(11-25-12-16)20-10-18-17(6-8-31(3)21(18)13-27-20)22-29-19-5-4-7-26-23(19)30-22/h4-7,9-14H,8H2,1-3H3,(H,28,32)(H,26,29,30). The Balaban J connectivity index is 1.55. The highest BCUT2D eigenvalue weighted by Crippen LogP contribution is 2.36. The van der Waals surface area contributed by atoms with Gasteiger partial charge < -0.3 is 15.2 Å². The normalized spacial score (nSPS) is 13.2. The summed E-state index contributed by atoms with van der Waals surface area (Å²) in [5.74, 6) is 0.621. The predicted octanol–water partition coefficient (Wildman–Crippen LogP) is 3.89. The molecule has 1 aliphatic rings. The lowest BCUT2D eigenvalue weighted by molar-refractivity contribution is -0.118. The van der Waals surface area contributed by atoms with Crippen LogP contribution in [0.15, 0.2) is 55.1 Å². The molecule has 5 rings (SSSR count). The Labute approximate surface area is 185 Å². The fraction of sp³-hybridized carbons (Fsp3) is 0.208. The van der Waals surface area contributed by atoms with Crippen molar-refractivity contribution >= 4 is 34.0 Å². The fourth-order valence-electron chi connectivity index (χ4n) is 3.69. The van der Waals surface area contributed by atoms with E-state index < -0.39 is 0 Å². The second-order valence-corrected chi connectivity index (χ2v) is 8.15. The van der Waals surface area contributed by atoms with Crippen molar-refractivity contribution < 1.29 is 4.79 Å². The molecule has 8 nitrogen and oxygen atoms in total. The first-order valence-electron chi connectivity index (χ1n) is 10.5. The third-order valence-electron chi connectivity index (χ3n) is 5.49. The van der Waals surface area contributed by atoms with Crippen LogP contribution in [-0.2, 0) is 4.79 Å². The molecule has 0 saturated carbocycles. The van der Waals surface area contributed by atoms with Crippen LogP contribution in [0.3, 0.4) is 0 Å². The number of pyridine rings is 3. The number of H-pyrrole nitrogens is 1. The number of imidazole rings is 1. The van der Waals surface area contributed by atoms with Crippen LogP contribution in [0.5, 0.6) is 0 Å². The Morgan fingerprint density at radius 3 is 2.88 bits per heavy atom. The topological polar surface area (TPSA) is 99.7 Å². The van der Waals surface area contributed by atoms with Gasteiger partial charge in [-0.15, -0.1) is 0 Å². The zero-order chi connectivity index (χ0) is 22.2. The number of anilines is 2. The van der Waals surface area contributed by atoms with Gasteiger partial charge in [-0.05, 0) is 24.3 Å².